The number of benzene rings is 2. The van der Waals surface area contributed by atoms with Gasteiger partial charge in [0.15, 0.2) is 11.5 Å². The smallest absolute Gasteiger partial charge is 0.254 e. The highest BCUT2D eigenvalue weighted by Crippen LogP contribution is 2.38. The summed E-state index contributed by atoms with van der Waals surface area (Å²) in [6.45, 7) is 2.08. The van der Waals surface area contributed by atoms with E-state index in [4.69, 9.17) is 9.47 Å². The van der Waals surface area contributed by atoms with Crippen LogP contribution in [0.5, 0.6) is 11.5 Å². The Bertz CT molecular complexity index is 1000. The van der Waals surface area contributed by atoms with E-state index in [-0.39, 0.29) is 11.9 Å². The highest BCUT2D eigenvalue weighted by Gasteiger charge is 2.31. The van der Waals surface area contributed by atoms with Gasteiger partial charge in [0.2, 0.25) is 0 Å². The van der Waals surface area contributed by atoms with Crippen LogP contribution in [0, 0.1) is 0 Å². The molecular formula is C22H22N4O3. The van der Waals surface area contributed by atoms with Gasteiger partial charge in [-0.15, -0.1) is 0 Å². The summed E-state index contributed by atoms with van der Waals surface area (Å²) in [5, 5.41) is 4.12. The molecule has 1 atom stereocenters. The van der Waals surface area contributed by atoms with E-state index in [9.17, 15) is 4.79 Å². The van der Waals surface area contributed by atoms with E-state index in [1.165, 1.54) is 6.33 Å². The fourth-order valence-electron chi connectivity index (χ4n) is 4.01. The van der Waals surface area contributed by atoms with Gasteiger partial charge in [0.05, 0.1) is 24.9 Å². The number of aromatic nitrogens is 3. The van der Waals surface area contributed by atoms with Crippen LogP contribution in [0.2, 0.25) is 0 Å². The average Bonchev–Trinajstić information content (AvgIpc) is 3.42. The summed E-state index contributed by atoms with van der Waals surface area (Å²) >= 11 is 0. The van der Waals surface area contributed by atoms with Gasteiger partial charge >= 0.3 is 0 Å². The molecule has 1 fully saturated rings. The molecule has 0 spiro atoms. The van der Waals surface area contributed by atoms with E-state index in [1.807, 2.05) is 41.3 Å². The zero-order valence-corrected chi connectivity index (χ0v) is 16.0. The highest BCUT2D eigenvalue weighted by molar-refractivity contribution is 5.94. The first kappa shape index (κ1) is 17.7. The number of ether oxygens (including phenoxy) is 2. The van der Waals surface area contributed by atoms with Gasteiger partial charge in [-0.05, 0) is 54.8 Å². The molecule has 3 heterocycles. The molecule has 0 radical (unpaired) electrons. The molecule has 0 aliphatic carbocycles. The summed E-state index contributed by atoms with van der Waals surface area (Å²) in [6.07, 6.45) is 5.94. The maximum atomic E-state index is 13.2. The number of amides is 1. The first-order chi connectivity index (χ1) is 14.3. The third kappa shape index (κ3) is 3.44. The molecule has 29 heavy (non-hydrogen) atoms. The first-order valence-corrected chi connectivity index (χ1v) is 9.95. The van der Waals surface area contributed by atoms with Crippen LogP contribution >= 0.6 is 0 Å². The minimum Gasteiger partial charge on any atom is -0.490 e. The SMILES string of the molecule is O=C(c1ccc(-n2cncn2)cc1)N1CCCC1c1ccc2c(c1)OCCCO2. The molecule has 1 amide bonds. The van der Waals surface area contributed by atoms with E-state index in [0.29, 0.717) is 18.8 Å². The van der Waals surface area contributed by atoms with Crippen molar-refractivity contribution in [3.05, 3.63) is 66.2 Å². The Labute approximate surface area is 168 Å². The largest absolute Gasteiger partial charge is 0.490 e. The maximum absolute atomic E-state index is 13.2. The number of hydrogen-bond donors (Lipinski definition) is 0. The van der Waals surface area contributed by atoms with Crippen molar-refractivity contribution < 1.29 is 14.3 Å². The predicted octanol–water partition coefficient (Wildman–Crippen LogP) is 3.41. The summed E-state index contributed by atoms with van der Waals surface area (Å²) in [4.78, 5) is 19.1. The molecule has 2 aliphatic rings. The van der Waals surface area contributed by atoms with Crippen molar-refractivity contribution in [2.75, 3.05) is 19.8 Å². The van der Waals surface area contributed by atoms with Crippen LogP contribution in [-0.2, 0) is 0 Å². The van der Waals surface area contributed by atoms with Crippen LogP contribution in [0.4, 0.5) is 0 Å². The van der Waals surface area contributed by atoms with Gasteiger partial charge in [-0.1, -0.05) is 6.07 Å². The van der Waals surface area contributed by atoms with Crippen molar-refractivity contribution in [1.82, 2.24) is 19.7 Å². The number of fused-ring (bicyclic) bond motifs is 1. The number of carbonyl (C=O) groups is 1. The van der Waals surface area contributed by atoms with Crippen molar-refractivity contribution in [3.8, 4) is 17.2 Å². The average molecular weight is 390 g/mol. The standard InChI is InChI=1S/C22H22N4O3/c27-22(16-4-7-18(8-5-16)26-15-23-14-24-26)25-10-1-3-19(25)17-6-9-20-21(13-17)29-12-2-11-28-20/h4-9,13-15,19H,1-3,10-12H2. The first-order valence-electron chi connectivity index (χ1n) is 9.95. The van der Waals surface area contributed by atoms with Crippen molar-refractivity contribution in [3.63, 3.8) is 0 Å². The Morgan fingerprint density at radius 1 is 1.00 bits per heavy atom. The number of hydrogen-bond acceptors (Lipinski definition) is 5. The van der Waals surface area contributed by atoms with Crippen molar-refractivity contribution in [2.24, 2.45) is 0 Å². The van der Waals surface area contributed by atoms with Crippen LogP contribution in [0.25, 0.3) is 5.69 Å². The second-order valence-electron chi connectivity index (χ2n) is 7.30. The quantitative estimate of drug-likeness (QED) is 0.686. The molecular weight excluding hydrogens is 368 g/mol. The monoisotopic (exact) mass is 390 g/mol. The Morgan fingerprint density at radius 2 is 1.83 bits per heavy atom. The molecule has 1 unspecified atom stereocenters. The Kier molecular flexibility index (Phi) is 4.63. The molecule has 2 aromatic carbocycles. The van der Waals surface area contributed by atoms with E-state index in [1.54, 1.807) is 11.0 Å². The van der Waals surface area contributed by atoms with Crippen LogP contribution in [0.3, 0.4) is 0 Å². The van der Waals surface area contributed by atoms with Crippen LogP contribution < -0.4 is 9.47 Å². The van der Waals surface area contributed by atoms with E-state index in [0.717, 1.165) is 48.6 Å². The molecule has 1 saturated heterocycles. The summed E-state index contributed by atoms with van der Waals surface area (Å²) in [7, 11) is 0. The lowest BCUT2D eigenvalue weighted by Crippen LogP contribution is -2.30. The molecule has 7 nitrogen and oxygen atoms in total. The summed E-state index contributed by atoms with van der Waals surface area (Å²) < 4.78 is 13.2. The second-order valence-corrected chi connectivity index (χ2v) is 7.30. The number of nitrogens with zero attached hydrogens (tertiary/aromatic N) is 4. The molecule has 0 N–H and O–H groups in total. The Balaban J connectivity index is 1.38. The summed E-state index contributed by atoms with van der Waals surface area (Å²) in [5.74, 6) is 1.60. The molecule has 0 saturated carbocycles. The molecule has 3 aromatic rings. The van der Waals surface area contributed by atoms with E-state index in [2.05, 4.69) is 16.1 Å². The van der Waals surface area contributed by atoms with Crippen molar-refractivity contribution in [1.29, 1.82) is 0 Å². The highest BCUT2D eigenvalue weighted by atomic mass is 16.5. The van der Waals surface area contributed by atoms with Gasteiger partial charge in [-0.2, -0.15) is 5.10 Å². The lowest BCUT2D eigenvalue weighted by atomic mass is 10.0. The van der Waals surface area contributed by atoms with Crippen LogP contribution in [-0.4, -0.2) is 45.3 Å². The summed E-state index contributed by atoms with van der Waals surface area (Å²) in [6, 6.07) is 13.6. The predicted molar refractivity (Wildman–Crippen MR) is 106 cm³/mol. The lowest BCUT2D eigenvalue weighted by Gasteiger charge is -2.26. The topological polar surface area (TPSA) is 69.5 Å². The third-order valence-corrected chi connectivity index (χ3v) is 5.47. The van der Waals surface area contributed by atoms with Gasteiger partial charge in [0.25, 0.3) is 5.91 Å². The number of rotatable bonds is 3. The van der Waals surface area contributed by atoms with Gasteiger partial charge < -0.3 is 14.4 Å². The van der Waals surface area contributed by atoms with Crippen molar-refractivity contribution in [2.45, 2.75) is 25.3 Å². The molecule has 0 bridgehead atoms. The normalized spacial score (nSPS) is 18.5. The minimum absolute atomic E-state index is 0.0461. The summed E-state index contributed by atoms with van der Waals surface area (Å²) in [5.41, 5.74) is 2.65. The second kappa shape index (κ2) is 7.58. The molecule has 2 aliphatic heterocycles. The van der Waals surface area contributed by atoms with Gasteiger partial charge in [0, 0.05) is 18.5 Å². The van der Waals surface area contributed by atoms with Crippen LogP contribution in [0.15, 0.2) is 55.1 Å². The zero-order chi connectivity index (χ0) is 19.6. The van der Waals surface area contributed by atoms with Gasteiger partial charge in [-0.3, -0.25) is 4.79 Å². The molecule has 1 aromatic heterocycles. The fourth-order valence-corrected chi connectivity index (χ4v) is 4.01. The number of likely N-dealkylation sites (tertiary alicyclic amines) is 1. The zero-order valence-electron chi connectivity index (χ0n) is 16.0. The third-order valence-electron chi connectivity index (χ3n) is 5.47. The molecule has 7 heteroatoms. The van der Waals surface area contributed by atoms with Crippen molar-refractivity contribution >= 4 is 5.91 Å². The van der Waals surface area contributed by atoms with Gasteiger partial charge in [-0.25, -0.2) is 9.67 Å². The Morgan fingerprint density at radius 3 is 2.62 bits per heavy atom. The molecule has 5 rings (SSSR count). The molecule has 148 valence electrons. The number of carbonyl (C=O) groups excluding carboxylic acids is 1. The van der Waals surface area contributed by atoms with Gasteiger partial charge in [0.1, 0.15) is 12.7 Å². The maximum Gasteiger partial charge on any atom is 0.254 e. The Hall–Kier alpha value is -3.35. The van der Waals surface area contributed by atoms with E-state index < -0.39 is 0 Å². The van der Waals surface area contributed by atoms with Crippen LogP contribution in [0.1, 0.15) is 41.2 Å². The fraction of sp³-hybridized carbons (Fsp3) is 0.318. The van der Waals surface area contributed by atoms with E-state index >= 15 is 0 Å². The minimum atomic E-state index is 0.0461. The lowest BCUT2D eigenvalue weighted by molar-refractivity contribution is 0.0735.